The molecule has 1 unspecified atom stereocenters. The van der Waals surface area contributed by atoms with Crippen molar-refractivity contribution < 1.29 is 19.1 Å². The molecule has 2 aliphatic rings. The van der Waals surface area contributed by atoms with Crippen LogP contribution in [-0.4, -0.2) is 44.3 Å². The number of ether oxygens (including phenoxy) is 2. The van der Waals surface area contributed by atoms with Crippen molar-refractivity contribution in [3.8, 4) is 5.75 Å². The zero-order valence-electron chi connectivity index (χ0n) is 23.5. The Balaban J connectivity index is 1.73. The Morgan fingerprint density at radius 2 is 1.61 bits per heavy atom. The van der Waals surface area contributed by atoms with Gasteiger partial charge in [0, 0.05) is 42.5 Å². The number of rotatable bonds is 9. The largest absolute Gasteiger partial charge is 0.497 e. The Morgan fingerprint density at radius 1 is 0.974 bits per heavy atom. The minimum Gasteiger partial charge on any atom is -0.497 e. The first kappa shape index (κ1) is 27.6. The normalized spacial score (nSPS) is 21.2. The minimum absolute atomic E-state index is 0.0522. The summed E-state index contributed by atoms with van der Waals surface area (Å²) in [5.74, 6) is -0.0592. The lowest BCUT2D eigenvalue weighted by Crippen LogP contribution is -2.41. The van der Waals surface area contributed by atoms with Crippen LogP contribution in [0.1, 0.15) is 70.4 Å². The topological polar surface area (TPSA) is 68.2 Å². The van der Waals surface area contributed by atoms with E-state index in [9.17, 15) is 9.59 Å². The van der Waals surface area contributed by atoms with Gasteiger partial charge < -0.3 is 14.4 Å². The molecule has 0 aromatic heterocycles. The van der Waals surface area contributed by atoms with Crippen LogP contribution in [0.2, 0.25) is 0 Å². The van der Waals surface area contributed by atoms with Crippen molar-refractivity contribution in [3.63, 3.8) is 0 Å². The molecule has 0 saturated heterocycles. The predicted octanol–water partition coefficient (Wildman–Crippen LogP) is 6.32. The molecule has 0 N–H and O–H groups in total. The van der Waals surface area contributed by atoms with Gasteiger partial charge in [-0.05, 0) is 74.4 Å². The van der Waals surface area contributed by atoms with E-state index in [1.807, 2.05) is 45.0 Å². The van der Waals surface area contributed by atoms with Crippen molar-refractivity contribution in [2.24, 2.45) is 16.8 Å². The molecule has 1 heterocycles. The van der Waals surface area contributed by atoms with E-state index in [1.165, 1.54) is 0 Å². The van der Waals surface area contributed by atoms with E-state index in [2.05, 4.69) is 43.0 Å². The van der Waals surface area contributed by atoms with Gasteiger partial charge in [-0.2, -0.15) is 0 Å². The third-order valence-electron chi connectivity index (χ3n) is 7.69. The molecule has 6 nitrogen and oxygen atoms in total. The van der Waals surface area contributed by atoms with Crippen molar-refractivity contribution in [1.29, 1.82) is 0 Å². The second-order valence-corrected chi connectivity index (χ2v) is 10.7. The van der Waals surface area contributed by atoms with E-state index in [0.29, 0.717) is 30.7 Å². The van der Waals surface area contributed by atoms with Gasteiger partial charge in [-0.25, -0.2) is 4.79 Å². The number of methoxy groups -OCH3 is 1. The third kappa shape index (κ3) is 5.69. The van der Waals surface area contributed by atoms with Gasteiger partial charge in [0.05, 0.1) is 25.2 Å². The first-order valence-corrected chi connectivity index (χ1v) is 13.7. The van der Waals surface area contributed by atoms with Crippen molar-refractivity contribution >= 4 is 23.2 Å². The number of fused-ring (bicyclic) bond motifs is 1. The van der Waals surface area contributed by atoms with Crippen molar-refractivity contribution in [2.75, 3.05) is 31.7 Å². The number of anilines is 1. The maximum Gasteiger partial charge on any atom is 0.336 e. The highest BCUT2D eigenvalue weighted by Gasteiger charge is 2.46. The highest BCUT2D eigenvalue weighted by molar-refractivity contribution is 6.12. The highest BCUT2D eigenvalue weighted by atomic mass is 16.5. The lowest BCUT2D eigenvalue weighted by Gasteiger charge is -2.38. The number of aliphatic imine (C=N–C) groups is 1. The maximum absolute atomic E-state index is 13.8. The molecule has 4 rings (SSSR count). The van der Waals surface area contributed by atoms with Gasteiger partial charge in [-0.1, -0.05) is 38.1 Å². The monoisotopic (exact) mass is 516 g/mol. The summed E-state index contributed by atoms with van der Waals surface area (Å²) < 4.78 is 11.0. The number of hydrogen-bond donors (Lipinski definition) is 0. The molecule has 1 fully saturated rings. The number of Topliss-reactive ketones (excluding diaryl/α,β-unsaturated/α-hetero) is 1. The van der Waals surface area contributed by atoms with Crippen LogP contribution in [0.3, 0.4) is 0 Å². The lowest BCUT2D eigenvalue weighted by atomic mass is 9.66. The van der Waals surface area contributed by atoms with Gasteiger partial charge in [0.1, 0.15) is 11.5 Å². The summed E-state index contributed by atoms with van der Waals surface area (Å²) in [6.45, 7) is 12.3. The Morgan fingerprint density at radius 3 is 2.18 bits per heavy atom. The van der Waals surface area contributed by atoms with Gasteiger partial charge in [-0.3, -0.25) is 9.79 Å². The number of carbonyl (C=O) groups excluding carboxylic acids is 2. The Labute approximate surface area is 226 Å². The van der Waals surface area contributed by atoms with Crippen LogP contribution < -0.4 is 9.64 Å². The van der Waals surface area contributed by atoms with E-state index in [4.69, 9.17) is 14.5 Å². The average Bonchev–Trinajstić information content (AvgIpc) is 2.92. The predicted molar refractivity (Wildman–Crippen MR) is 152 cm³/mol. The molecule has 3 atom stereocenters. The number of carbonyl (C=O) groups is 2. The van der Waals surface area contributed by atoms with E-state index in [-0.39, 0.29) is 23.6 Å². The molecule has 1 aliphatic carbocycles. The number of esters is 1. The van der Waals surface area contributed by atoms with Crippen LogP contribution >= 0.6 is 0 Å². The van der Waals surface area contributed by atoms with Gasteiger partial charge in [-0.15, -0.1) is 0 Å². The van der Waals surface area contributed by atoms with E-state index in [1.54, 1.807) is 7.11 Å². The first-order valence-electron chi connectivity index (χ1n) is 13.7. The van der Waals surface area contributed by atoms with Crippen LogP contribution in [0.4, 0.5) is 5.69 Å². The summed E-state index contributed by atoms with van der Waals surface area (Å²) in [6.07, 6.45) is 1.10. The molecule has 2 aromatic rings. The summed E-state index contributed by atoms with van der Waals surface area (Å²) in [5.41, 5.74) is 5.19. The van der Waals surface area contributed by atoms with Gasteiger partial charge >= 0.3 is 5.97 Å². The molecule has 0 spiro atoms. The molecular formula is C32H40N2O4. The van der Waals surface area contributed by atoms with Crippen LogP contribution in [0.15, 0.2) is 64.8 Å². The fourth-order valence-electron chi connectivity index (χ4n) is 5.71. The smallest absolute Gasteiger partial charge is 0.336 e. The minimum atomic E-state index is -0.464. The molecular weight excluding hydrogens is 476 g/mol. The van der Waals surface area contributed by atoms with Crippen molar-refractivity contribution in [2.45, 2.75) is 59.3 Å². The maximum atomic E-state index is 13.8. The number of allylic oxidation sites excluding steroid dienone is 1. The van der Waals surface area contributed by atoms with E-state index in [0.717, 1.165) is 41.4 Å². The SMILES string of the molecule is CCN(CC)c1ccc([C@@H]2C(C(=O)OCC(C)C)=C(C)N=C3C[C@H](c4ccc(OC)cc4)CC(=O)C32)cc1. The van der Waals surface area contributed by atoms with Crippen molar-refractivity contribution in [3.05, 3.63) is 70.9 Å². The van der Waals surface area contributed by atoms with E-state index >= 15 is 0 Å². The molecule has 6 heteroatoms. The zero-order valence-corrected chi connectivity index (χ0v) is 23.5. The van der Waals surface area contributed by atoms with Gasteiger partial charge in [0.2, 0.25) is 0 Å². The van der Waals surface area contributed by atoms with Crippen LogP contribution in [-0.2, 0) is 14.3 Å². The van der Waals surface area contributed by atoms with Crippen molar-refractivity contribution in [1.82, 2.24) is 0 Å². The number of benzene rings is 2. The Kier molecular flexibility index (Phi) is 8.70. The second kappa shape index (κ2) is 12.0. The zero-order chi connectivity index (χ0) is 27.4. The molecule has 1 saturated carbocycles. The molecule has 38 heavy (non-hydrogen) atoms. The fraction of sp³-hybridized carbons (Fsp3) is 0.469. The summed E-state index contributed by atoms with van der Waals surface area (Å²) in [5, 5.41) is 0. The average molecular weight is 517 g/mol. The number of ketones is 1. The summed E-state index contributed by atoms with van der Waals surface area (Å²) in [6, 6.07) is 16.2. The number of nitrogens with zero attached hydrogens (tertiary/aromatic N) is 2. The molecule has 202 valence electrons. The number of hydrogen-bond acceptors (Lipinski definition) is 6. The highest BCUT2D eigenvalue weighted by Crippen LogP contribution is 2.46. The Hall–Kier alpha value is -3.41. The standard InChI is InChI=1S/C32H40N2O4/c1-7-34(8-2)25-13-9-23(10-14-25)30-29(32(36)38-19-20(3)4)21(5)33-27-17-24(18-28(35)31(27)30)22-11-15-26(37-6)16-12-22/h9-16,20,24,30-31H,7-8,17-19H2,1-6H3/t24-,30+,31?/m0/s1. The van der Waals surface area contributed by atoms with Gasteiger partial charge in [0.25, 0.3) is 0 Å². The molecule has 1 aliphatic heterocycles. The molecule has 0 amide bonds. The van der Waals surface area contributed by atoms with Crippen LogP contribution in [0, 0.1) is 11.8 Å². The molecule has 0 radical (unpaired) electrons. The molecule has 2 aromatic carbocycles. The Bertz CT molecular complexity index is 1210. The lowest BCUT2D eigenvalue weighted by molar-refractivity contribution is -0.140. The van der Waals surface area contributed by atoms with Gasteiger partial charge in [0.15, 0.2) is 0 Å². The summed E-state index contributed by atoms with van der Waals surface area (Å²) in [4.78, 5) is 34.4. The third-order valence-corrected chi connectivity index (χ3v) is 7.69. The second-order valence-electron chi connectivity index (χ2n) is 10.7. The summed E-state index contributed by atoms with van der Waals surface area (Å²) >= 11 is 0. The quantitative estimate of drug-likeness (QED) is 0.365. The van der Waals surface area contributed by atoms with Crippen LogP contribution in [0.5, 0.6) is 5.75 Å². The first-order chi connectivity index (χ1) is 18.3. The molecule has 0 bridgehead atoms. The van der Waals surface area contributed by atoms with E-state index < -0.39 is 11.8 Å². The summed E-state index contributed by atoms with van der Waals surface area (Å²) in [7, 11) is 1.65. The fourth-order valence-corrected chi connectivity index (χ4v) is 5.71. The van der Waals surface area contributed by atoms with Crippen LogP contribution in [0.25, 0.3) is 0 Å².